The number of para-hydroxylation sites is 2. The maximum absolute atomic E-state index is 5.15. The van der Waals surface area contributed by atoms with Gasteiger partial charge in [-0.05, 0) is 79.8 Å². The molecule has 0 N–H and O–H groups in total. The van der Waals surface area contributed by atoms with E-state index < -0.39 is 0 Å². The molecule has 0 fully saturated rings. The van der Waals surface area contributed by atoms with E-state index >= 15 is 0 Å². The summed E-state index contributed by atoms with van der Waals surface area (Å²) in [5, 5.41) is 6.93. The van der Waals surface area contributed by atoms with E-state index in [0.29, 0.717) is 17.5 Å². The summed E-state index contributed by atoms with van der Waals surface area (Å²) in [6, 6.07) is 69.9. The fourth-order valence-corrected chi connectivity index (χ4v) is 8.16. The van der Waals surface area contributed by atoms with Crippen molar-refractivity contribution < 1.29 is 0 Å². The Kier molecular flexibility index (Phi) is 7.74. The molecule has 0 saturated heterocycles. The van der Waals surface area contributed by atoms with Crippen LogP contribution in [0.4, 0.5) is 0 Å². The average molecular weight is 728 g/mol. The zero-order valence-corrected chi connectivity index (χ0v) is 30.8. The first-order valence-corrected chi connectivity index (χ1v) is 19.1. The van der Waals surface area contributed by atoms with Crippen LogP contribution in [0.2, 0.25) is 0 Å². The van der Waals surface area contributed by atoms with Crippen molar-refractivity contribution in [1.82, 2.24) is 24.5 Å². The highest BCUT2D eigenvalue weighted by atomic mass is 15.1. The first kappa shape index (κ1) is 32.7. The highest BCUT2D eigenvalue weighted by molar-refractivity contribution is 6.23. The first-order valence-electron chi connectivity index (χ1n) is 19.1. The number of imidazole rings is 1. The van der Waals surface area contributed by atoms with Crippen LogP contribution in [0.1, 0.15) is 0 Å². The third-order valence-corrected chi connectivity index (χ3v) is 10.9. The Balaban J connectivity index is 1.10. The molecule has 0 saturated carbocycles. The maximum atomic E-state index is 5.15. The molecule has 0 aliphatic rings. The van der Waals surface area contributed by atoms with Crippen LogP contribution in [-0.2, 0) is 0 Å². The van der Waals surface area contributed by atoms with E-state index in [1.54, 1.807) is 0 Å². The van der Waals surface area contributed by atoms with Gasteiger partial charge in [-0.3, -0.25) is 4.57 Å². The van der Waals surface area contributed by atoms with Crippen molar-refractivity contribution in [3.63, 3.8) is 0 Å². The molecule has 11 aromatic rings. The second kappa shape index (κ2) is 13.5. The maximum Gasteiger partial charge on any atom is 0.164 e. The highest BCUT2D eigenvalue weighted by Gasteiger charge is 2.19. The summed E-state index contributed by atoms with van der Waals surface area (Å²) in [5.41, 5.74) is 9.38. The quantitative estimate of drug-likeness (QED) is 0.160. The Morgan fingerprint density at radius 2 is 0.754 bits per heavy atom. The van der Waals surface area contributed by atoms with Crippen LogP contribution in [0.25, 0.3) is 106 Å². The molecular formula is C52H33N5. The third-order valence-electron chi connectivity index (χ3n) is 10.9. The number of fused-ring (bicyclic) bond motifs is 6. The zero-order chi connectivity index (χ0) is 37.7. The molecular weight excluding hydrogens is 695 g/mol. The predicted octanol–water partition coefficient (Wildman–Crippen LogP) is 13.0. The normalized spacial score (nSPS) is 11.5. The van der Waals surface area contributed by atoms with E-state index in [9.17, 15) is 0 Å². The van der Waals surface area contributed by atoms with Gasteiger partial charge in [-0.15, -0.1) is 0 Å². The van der Waals surface area contributed by atoms with Gasteiger partial charge in [0.1, 0.15) is 5.82 Å². The van der Waals surface area contributed by atoms with Gasteiger partial charge in [-0.25, -0.2) is 19.9 Å². The van der Waals surface area contributed by atoms with Crippen molar-refractivity contribution in [2.24, 2.45) is 0 Å². The van der Waals surface area contributed by atoms with E-state index in [2.05, 4.69) is 132 Å². The summed E-state index contributed by atoms with van der Waals surface area (Å²) >= 11 is 0. The van der Waals surface area contributed by atoms with Crippen LogP contribution in [0, 0.1) is 0 Å². The molecule has 0 spiro atoms. The van der Waals surface area contributed by atoms with Crippen LogP contribution in [-0.4, -0.2) is 24.5 Å². The molecule has 2 heterocycles. The van der Waals surface area contributed by atoms with Crippen LogP contribution in [0.5, 0.6) is 0 Å². The molecule has 0 aliphatic heterocycles. The summed E-state index contributed by atoms with van der Waals surface area (Å²) in [5.74, 6) is 2.86. The first-order chi connectivity index (χ1) is 28.3. The van der Waals surface area contributed by atoms with Gasteiger partial charge in [0.2, 0.25) is 0 Å². The molecule has 5 nitrogen and oxygen atoms in total. The molecule has 0 amide bonds. The minimum absolute atomic E-state index is 0.645. The molecule has 0 radical (unpaired) electrons. The van der Waals surface area contributed by atoms with E-state index in [-0.39, 0.29) is 0 Å². The van der Waals surface area contributed by atoms with Gasteiger partial charge in [0.15, 0.2) is 17.5 Å². The number of rotatable bonds is 6. The average Bonchev–Trinajstić information content (AvgIpc) is 3.69. The van der Waals surface area contributed by atoms with Gasteiger partial charge in [0, 0.05) is 27.9 Å². The number of hydrogen-bond donors (Lipinski definition) is 0. The third kappa shape index (κ3) is 5.64. The van der Waals surface area contributed by atoms with Gasteiger partial charge < -0.3 is 0 Å². The van der Waals surface area contributed by atoms with E-state index in [1.165, 1.54) is 21.7 Å². The second-order valence-electron chi connectivity index (χ2n) is 14.2. The van der Waals surface area contributed by atoms with Gasteiger partial charge in [0.05, 0.1) is 11.0 Å². The van der Waals surface area contributed by atoms with Crippen LogP contribution < -0.4 is 0 Å². The predicted molar refractivity (Wildman–Crippen MR) is 234 cm³/mol. The van der Waals surface area contributed by atoms with Gasteiger partial charge in [-0.1, -0.05) is 164 Å². The Hall–Kier alpha value is -7.76. The largest absolute Gasteiger partial charge is 0.292 e. The number of benzene rings is 9. The summed E-state index contributed by atoms with van der Waals surface area (Å²) in [4.78, 5) is 20.3. The lowest BCUT2D eigenvalue weighted by molar-refractivity contribution is 1.08. The van der Waals surface area contributed by atoms with Gasteiger partial charge in [0.25, 0.3) is 0 Å². The Morgan fingerprint density at radius 3 is 1.35 bits per heavy atom. The minimum Gasteiger partial charge on any atom is -0.292 e. The molecule has 0 unspecified atom stereocenters. The molecule has 2 aromatic heterocycles. The Morgan fingerprint density at radius 1 is 0.298 bits per heavy atom. The van der Waals surface area contributed by atoms with Crippen molar-refractivity contribution >= 4 is 43.4 Å². The molecule has 266 valence electrons. The van der Waals surface area contributed by atoms with Crippen LogP contribution >= 0.6 is 0 Å². The molecule has 5 heteroatoms. The van der Waals surface area contributed by atoms with Crippen molar-refractivity contribution in [2.45, 2.75) is 0 Å². The standard InChI is InChI=1S/C52H33N5/c1-4-16-35(17-5-1)49-54-50(36-18-6-2-7-19-36)56-51(55-49)46-33-45-40-23-11-10-22-39(40)43(32-44(45)41-24-12-13-25-42(41)46)34-28-30-38(31-29-34)57-48-27-15-14-26-47(48)53-52(57)37-20-8-3-9-21-37/h1-33H. The molecule has 57 heavy (non-hydrogen) atoms. The number of nitrogens with zero attached hydrogens (tertiary/aromatic N) is 5. The molecule has 9 aromatic carbocycles. The van der Waals surface area contributed by atoms with E-state index in [4.69, 9.17) is 19.9 Å². The van der Waals surface area contributed by atoms with E-state index in [0.717, 1.165) is 66.5 Å². The summed E-state index contributed by atoms with van der Waals surface area (Å²) in [7, 11) is 0. The van der Waals surface area contributed by atoms with E-state index in [1.807, 2.05) is 72.8 Å². The van der Waals surface area contributed by atoms with Gasteiger partial charge in [-0.2, -0.15) is 0 Å². The Labute approximate surface area is 329 Å². The van der Waals surface area contributed by atoms with Crippen molar-refractivity contribution in [3.05, 3.63) is 200 Å². The summed E-state index contributed by atoms with van der Waals surface area (Å²) in [6.07, 6.45) is 0. The Bertz CT molecular complexity index is 3210. The molecule has 11 rings (SSSR count). The lowest BCUT2D eigenvalue weighted by atomic mass is 9.89. The smallest absolute Gasteiger partial charge is 0.164 e. The summed E-state index contributed by atoms with van der Waals surface area (Å²) in [6.45, 7) is 0. The fourth-order valence-electron chi connectivity index (χ4n) is 8.16. The van der Waals surface area contributed by atoms with Crippen LogP contribution in [0.15, 0.2) is 200 Å². The minimum atomic E-state index is 0.645. The topological polar surface area (TPSA) is 56.5 Å². The molecule has 0 bridgehead atoms. The molecule has 0 aliphatic carbocycles. The SMILES string of the molecule is c1ccc(-c2nc(-c3ccccc3)nc(-c3cc4c5ccccc5c(-c5ccc(-n6c(-c7ccccc7)nc7ccccc76)cc5)cc4c4ccccc34)n2)cc1. The van der Waals surface area contributed by atoms with Crippen molar-refractivity contribution in [2.75, 3.05) is 0 Å². The second-order valence-corrected chi connectivity index (χ2v) is 14.2. The zero-order valence-electron chi connectivity index (χ0n) is 30.8. The van der Waals surface area contributed by atoms with Gasteiger partial charge >= 0.3 is 0 Å². The number of hydrogen-bond acceptors (Lipinski definition) is 4. The molecule has 0 atom stereocenters. The summed E-state index contributed by atoms with van der Waals surface area (Å²) < 4.78 is 2.26. The fraction of sp³-hybridized carbons (Fsp3) is 0. The lowest BCUT2D eigenvalue weighted by Gasteiger charge is -2.16. The van der Waals surface area contributed by atoms with Crippen molar-refractivity contribution in [1.29, 1.82) is 0 Å². The van der Waals surface area contributed by atoms with Crippen LogP contribution in [0.3, 0.4) is 0 Å². The van der Waals surface area contributed by atoms with Crippen molar-refractivity contribution in [3.8, 4) is 62.4 Å². The highest BCUT2D eigenvalue weighted by Crippen LogP contribution is 2.42. The monoisotopic (exact) mass is 727 g/mol. The number of aromatic nitrogens is 5. The lowest BCUT2D eigenvalue weighted by Crippen LogP contribution is -2.01.